The highest BCUT2D eigenvalue weighted by atomic mass is 35.5. The molecular weight excluding hydrogens is 285 g/mol. The largest absolute Gasteiger partial charge is 0.478 e. The van der Waals surface area contributed by atoms with E-state index in [4.69, 9.17) is 28.3 Å². The first-order valence-electron chi connectivity index (χ1n) is 5.71. The quantitative estimate of drug-likeness (QED) is 0.917. The topological polar surface area (TPSA) is 50.2 Å². The Kier molecular flexibility index (Phi) is 4.08. The van der Waals surface area contributed by atoms with Gasteiger partial charge in [0.05, 0.1) is 27.0 Å². The molecule has 0 aliphatic carbocycles. The Bertz CT molecular complexity index is 641. The Morgan fingerprint density at radius 2 is 1.95 bits per heavy atom. The summed E-state index contributed by atoms with van der Waals surface area (Å²) in [6.07, 6.45) is 0.552. The molecule has 98 valence electrons. The lowest BCUT2D eigenvalue weighted by Crippen LogP contribution is -2.04. The Labute approximate surface area is 120 Å². The van der Waals surface area contributed by atoms with E-state index in [0.717, 1.165) is 5.56 Å². The summed E-state index contributed by atoms with van der Waals surface area (Å²) in [4.78, 5) is 15.4. The molecule has 0 unspecified atom stereocenters. The fourth-order valence-electron chi connectivity index (χ4n) is 1.78. The summed E-state index contributed by atoms with van der Waals surface area (Å²) in [7, 11) is 0. The molecule has 3 nitrogen and oxygen atoms in total. The maximum atomic E-state index is 11.0. The van der Waals surface area contributed by atoms with Crippen molar-refractivity contribution in [3.63, 3.8) is 0 Å². The number of pyridine rings is 1. The highest BCUT2D eigenvalue weighted by Gasteiger charge is 2.12. The van der Waals surface area contributed by atoms with E-state index in [2.05, 4.69) is 4.98 Å². The number of carboxylic acids is 1. The number of carboxylic acid groups (broad SMARTS) is 1. The molecule has 1 N–H and O–H groups in total. The van der Waals surface area contributed by atoms with Gasteiger partial charge in [-0.1, -0.05) is 36.2 Å². The first-order chi connectivity index (χ1) is 9.02. The van der Waals surface area contributed by atoms with Gasteiger partial charge in [-0.3, -0.25) is 4.98 Å². The second-order valence-corrected chi connectivity index (χ2v) is 4.79. The van der Waals surface area contributed by atoms with Crippen molar-refractivity contribution in [1.82, 2.24) is 4.98 Å². The predicted octanol–water partition coefficient (Wildman–Crippen LogP) is 4.32. The lowest BCUT2D eigenvalue weighted by Gasteiger charge is -2.07. The fourth-order valence-corrected chi connectivity index (χ4v) is 2.08. The molecule has 2 aromatic rings. The minimum absolute atomic E-state index is 0.228. The zero-order valence-electron chi connectivity index (χ0n) is 10.2. The van der Waals surface area contributed by atoms with Gasteiger partial charge < -0.3 is 5.11 Å². The first-order valence-corrected chi connectivity index (χ1v) is 6.47. The Morgan fingerprint density at radius 3 is 2.53 bits per heavy atom. The number of benzene rings is 1. The van der Waals surface area contributed by atoms with Gasteiger partial charge in [0.1, 0.15) is 0 Å². The smallest absolute Gasteiger partial charge is 0.337 e. The molecule has 5 heteroatoms. The van der Waals surface area contributed by atoms with Crippen LogP contribution in [-0.4, -0.2) is 16.1 Å². The Balaban J connectivity index is 2.51. The highest BCUT2D eigenvalue weighted by molar-refractivity contribution is 6.42. The SMILES string of the molecule is CCc1nc(-c2ccc(Cl)c(Cl)c2)ccc1C(=O)O. The van der Waals surface area contributed by atoms with Crippen molar-refractivity contribution in [2.75, 3.05) is 0 Å². The third-order valence-corrected chi connectivity index (χ3v) is 3.49. The molecule has 0 aliphatic heterocycles. The zero-order valence-corrected chi connectivity index (χ0v) is 11.7. The van der Waals surface area contributed by atoms with E-state index in [1.165, 1.54) is 0 Å². The molecular formula is C14H11Cl2NO2. The van der Waals surface area contributed by atoms with Gasteiger partial charge in [-0.25, -0.2) is 4.79 Å². The summed E-state index contributed by atoms with van der Waals surface area (Å²) >= 11 is 11.8. The molecule has 0 amide bonds. The number of nitrogens with zero attached hydrogens (tertiary/aromatic N) is 1. The standard InChI is InChI=1S/C14H11Cl2NO2/c1-2-12-9(14(18)19)4-6-13(17-12)8-3-5-10(15)11(16)7-8/h3-7H,2H2,1H3,(H,18,19). The van der Waals surface area contributed by atoms with E-state index < -0.39 is 5.97 Å². The number of hydrogen-bond acceptors (Lipinski definition) is 2. The lowest BCUT2D eigenvalue weighted by atomic mass is 10.1. The minimum atomic E-state index is -0.968. The van der Waals surface area contributed by atoms with E-state index in [0.29, 0.717) is 27.9 Å². The van der Waals surface area contributed by atoms with Crippen LogP contribution in [0, 0.1) is 0 Å². The number of rotatable bonds is 3. The molecule has 0 aliphatic rings. The van der Waals surface area contributed by atoms with Crippen LogP contribution < -0.4 is 0 Å². The molecule has 1 aromatic carbocycles. The van der Waals surface area contributed by atoms with E-state index >= 15 is 0 Å². The maximum Gasteiger partial charge on any atom is 0.337 e. The van der Waals surface area contributed by atoms with E-state index in [1.54, 1.807) is 30.3 Å². The van der Waals surface area contributed by atoms with Gasteiger partial charge in [0.25, 0.3) is 0 Å². The average Bonchev–Trinajstić information content (AvgIpc) is 2.41. The van der Waals surface area contributed by atoms with Crippen molar-refractivity contribution < 1.29 is 9.90 Å². The van der Waals surface area contributed by atoms with Crippen LogP contribution in [0.1, 0.15) is 23.0 Å². The van der Waals surface area contributed by atoms with Gasteiger partial charge in [0, 0.05) is 5.56 Å². The van der Waals surface area contributed by atoms with E-state index in [1.807, 2.05) is 6.92 Å². The fraction of sp³-hybridized carbons (Fsp3) is 0.143. The molecule has 0 bridgehead atoms. The third kappa shape index (κ3) is 2.88. The molecule has 0 saturated heterocycles. The third-order valence-electron chi connectivity index (χ3n) is 2.75. The van der Waals surface area contributed by atoms with Crippen molar-refractivity contribution in [1.29, 1.82) is 0 Å². The van der Waals surface area contributed by atoms with Crippen LogP contribution in [0.4, 0.5) is 0 Å². The van der Waals surface area contributed by atoms with Crippen LogP contribution in [0.15, 0.2) is 30.3 Å². The predicted molar refractivity (Wildman–Crippen MR) is 76.0 cm³/mol. The molecule has 0 saturated carbocycles. The monoisotopic (exact) mass is 295 g/mol. The van der Waals surface area contributed by atoms with E-state index in [-0.39, 0.29) is 5.56 Å². The molecule has 0 fully saturated rings. The number of aryl methyl sites for hydroxylation is 1. The molecule has 2 rings (SSSR count). The second-order valence-electron chi connectivity index (χ2n) is 3.98. The summed E-state index contributed by atoms with van der Waals surface area (Å²) in [5, 5.41) is 9.98. The van der Waals surface area contributed by atoms with Crippen molar-refractivity contribution in [2.45, 2.75) is 13.3 Å². The molecule has 0 atom stereocenters. The van der Waals surface area contributed by atoms with Gasteiger partial charge in [-0.2, -0.15) is 0 Å². The summed E-state index contributed by atoms with van der Waals surface area (Å²) in [5.41, 5.74) is 2.27. The molecule has 0 spiro atoms. The summed E-state index contributed by atoms with van der Waals surface area (Å²) < 4.78 is 0. The second kappa shape index (κ2) is 5.59. The van der Waals surface area contributed by atoms with Crippen LogP contribution in [0.2, 0.25) is 10.0 Å². The Hall–Kier alpha value is -1.58. The van der Waals surface area contributed by atoms with Crippen LogP contribution in [0.25, 0.3) is 11.3 Å². The molecule has 19 heavy (non-hydrogen) atoms. The maximum absolute atomic E-state index is 11.0. The number of aromatic carboxylic acids is 1. The van der Waals surface area contributed by atoms with Crippen LogP contribution in [-0.2, 0) is 6.42 Å². The number of halogens is 2. The highest BCUT2D eigenvalue weighted by Crippen LogP contribution is 2.28. The van der Waals surface area contributed by atoms with Crippen molar-refractivity contribution in [3.05, 3.63) is 51.6 Å². The molecule has 1 aromatic heterocycles. The van der Waals surface area contributed by atoms with Crippen LogP contribution >= 0.6 is 23.2 Å². The van der Waals surface area contributed by atoms with Gasteiger partial charge >= 0.3 is 5.97 Å². The van der Waals surface area contributed by atoms with Crippen LogP contribution in [0.5, 0.6) is 0 Å². The van der Waals surface area contributed by atoms with Crippen molar-refractivity contribution >= 4 is 29.2 Å². The van der Waals surface area contributed by atoms with Gasteiger partial charge in [-0.05, 0) is 30.7 Å². The summed E-state index contributed by atoms with van der Waals surface area (Å²) in [6.45, 7) is 1.87. The summed E-state index contributed by atoms with van der Waals surface area (Å²) in [5.74, 6) is -0.968. The number of aromatic nitrogens is 1. The van der Waals surface area contributed by atoms with Crippen LogP contribution in [0.3, 0.4) is 0 Å². The molecule has 1 heterocycles. The normalized spacial score (nSPS) is 10.5. The lowest BCUT2D eigenvalue weighted by molar-refractivity contribution is 0.0695. The van der Waals surface area contributed by atoms with Crippen molar-refractivity contribution in [2.24, 2.45) is 0 Å². The number of hydrogen-bond donors (Lipinski definition) is 1. The summed E-state index contributed by atoms with van der Waals surface area (Å²) in [6, 6.07) is 8.44. The zero-order chi connectivity index (χ0) is 14.0. The molecule has 0 radical (unpaired) electrons. The van der Waals surface area contributed by atoms with Gasteiger partial charge in [0.15, 0.2) is 0 Å². The number of carbonyl (C=O) groups is 1. The van der Waals surface area contributed by atoms with E-state index in [9.17, 15) is 4.79 Å². The van der Waals surface area contributed by atoms with Gasteiger partial charge in [-0.15, -0.1) is 0 Å². The minimum Gasteiger partial charge on any atom is -0.478 e. The van der Waals surface area contributed by atoms with Gasteiger partial charge in [0.2, 0.25) is 0 Å². The average molecular weight is 296 g/mol. The Morgan fingerprint density at radius 1 is 1.21 bits per heavy atom. The first kappa shape index (κ1) is 13.8. The van der Waals surface area contributed by atoms with Crippen molar-refractivity contribution in [3.8, 4) is 11.3 Å².